The van der Waals surface area contributed by atoms with Crippen LogP contribution < -0.4 is 0 Å². The van der Waals surface area contributed by atoms with E-state index in [-0.39, 0.29) is 30.1 Å². The normalized spacial score (nSPS) is 27.4. The Labute approximate surface area is 125 Å². The van der Waals surface area contributed by atoms with Gasteiger partial charge in [0.05, 0.1) is 24.6 Å². The highest BCUT2D eigenvalue weighted by Gasteiger charge is 2.47. The van der Waals surface area contributed by atoms with Crippen LogP contribution in [0.4, 0.5) is 4.79 Å². The molecule has 3 atom stereocenters. The van der Waals surface area contributed by atoms with Crippen LogP contribution in [0.2, 0.25) is 0 Å². The number of fused-ring (bicyclic) bond motifs is 2. The van der Waals surface area contributed by atoms with Gasteiger partial charge in [0.15, 0.2) is 0 Å². The predicted octanol–water partition coefficient (Wildman–Crippen LogP) is 2.67. The summed E-state index contributed by atoms with van der Waals surface area (Å²) in [5, 5.41) is 0. The minimum Gasteiger partial charge on any atom is -0.466 e. The van der Waals surface area contributed by atoms with Crippen molar-refractivity contribution in [1.29, 1.82) is 0 Å². The molecule has 1 fully saturated rings. The first-order chi connectivity index (χ1) is 9.83. The first-order valence-corrected chi connectivity index (χ1v) is 7.36. The zero-order chi connectivity index (χ0) is 15.6. The molecule has 5 nitrogen and oxygen atoms in total. The zero-order valence-corrected chi connectivity index (χ0v) is 13.0. The van der Waals surface area contributed by atoms with Crippen LogP contribution in [0.15, 0.2) is 24.3 Å². The first kappa shape index (κ1) is 15.6. The Kier molecular flexibility index (Phi) is 4.40. The smallest absolute Gasteiger partial charge is 0.411 e. The molecule has 2 rings (SSSR count). The number of carbonyl (C=O) groups is 2. The van der Waals surface area contributed by atoms with Gasteiger partial charge in [-0.1, -0.05) is 24.3 Å². The van der Waals surface area contributed by atoms with E-state index in [2.05, 4.69) is 0 Å². The van der Waals surface area contributed by atoms with Crippen molar-refractivity contribution < 1.29 is 19.1 Å². The third-order valence-electron chi connectivity index (χ3n) is 3.53. The fraction of sp³-hybridized carbons (Fsp3) is 0.625. The Balaban J connectivity index is 2.21. The van der Waals surface area contributed by atoms with Gasteiger partial charge in [0.25, 0.3) is 0 Å². The molecule has 2 bridgehead atoms. The van der Waals surface area contributed by atoms with Gasteiger partial charge in [0, 0.05) is 0 Å². The molecular weight excluding hydrogens is 270 g/mol. The summed E-state index contributed by atoms with van der Waals surface area (Å²) in [7, 11) is 0. The van der Waals surface area contributed by atoms with Gasteiger partial charge >= 0.3 is 12.1 Å². The summed E-state index contributed by atoms with van der Waals surface area (Å²) in [4.78, 5) is 26.2. The lowest BCUT2D eigenvalue weighted by molar-refractivity contribution is -0.148. The lowest BCUT2D eigenvalue weighted by Gasteiger charge is -2.30. The molecule has 0 spiro atoms. The Hall–Kier alpha value is -1.78. The van der Waals surface area contributed by atoms with Crippen LogP contribution in [0.1, 0.15) is 34.1 Å². The SMILES string of the molecule is CCOC(=O)[C@H]1C[C@H]2C=CC=C[C@@H]1N2C(=O)OC(C)(C)C. The molecule has 0 aromatic carbocycles. The first-order valence-electron chi connectivity index (χ1n) is 7.36. The van der Waals surface area contributed by atoms with E-state index in [0.717, 1.165) is 0 Å². The van der Waals surface area contributed by atoms with Gasteiger partial charge in [0.1, 0.15) is 5.60 Å². The predicted molar refractivity (Wildman–Crippen MR) is 78.7 cm³/mol. The molecule has 0 unspecified atom stereocenters. The lowest BCUT2D eigenvalue weighted by atomic mass is 9.97. The Morgan fingerprint density at radius 2 is 1.90 bits per heavy atom. The van der Waals surface area contributed by atoms with Crippen molar-refractivity contribution in [2.45, 2.75) is 51.8 Å². The third-order valence-corrected chi connectivity index (χ3v) is 3.53. The van der Waals surface area contributed by atoms with E-state index in [1.54, 1.807) is 11.8 Å². The van der Waals surface area contributed by atoms with Gasteiger partial charge in [-0.05, 0) is 34.1 Å². The highest BCUT2D eigenvalue weighted by atomic mass is 16.6. The van der Waals surface area contributed by atoms with Gasteiger partial charge in [-0.3, -0.25) is 9.69 Å². The van der Waals surface area contributed by atoms with Crippen molar-refractivity contribution in [3.63, 3.8) is 0 Å². The molecule has 0 saturated carbocycles. The molecule has 21 heavy (non-hydrogen) atoms. The van der Waals surface area contributed by atoms with E-state index < -0.39 is 5.60 Å². The number of ether oxygens (including phenoxy) is 2. The Morgan fingerprint density at radius 3 is 2.52 bits per heavy atom. The summed E-state index contributed by atoms with van der Waals surface area (Å²) in [6.45, 7) is 7.63. The van der Waals surface area contributed by atoms with Gasteiger partial charge < -0.3 is 9.47 Å². The number of rotatable bonds is 2. The molecule has 2 heterocycles. The van der Waals surface area contributed by atoms with Gasteiger partial charge in [-0.2, -0.15) is 0 Å². The molecule has 0 radical (unpaired) electrons. The number of hydrogen-bond donors (Lipinski definition) is 0. The van der Waals surface area contributed by atoms with Crippen molar-refractivity contribution in [3.05, 3.63) is 24.3 Å². The van der Waals surface area contributed by atoms with Gasteiger partial charge in [-0.15, -0.1) is 0 Å². The summed E-state index contributed by atoms with van der Waals surface area (Å²) in [6, 6.07) is -0.437. The van der Waals surface area contributed by atoms with Crippen LogP contribution in [-0.2, 0) is 14.3 Å². The van der Waals surface area contributed by atoms with Crippen molar-refractivity contribution >= 4 is 12.1 Å². The number of carbonyl (C=O) groups excluding carboxylic acids is 2. The van der Waals surface area contributed by atoms with E-state index in [4.69, 9.17) is 9.47 Å². The molecule has 0 aromatic rings. The quantitative estimate of drug-likeness (QED) is 0.734. The van der Waals surface area contributed by atoms with Crippen LogP contribution in [0.3, 0.4) is 0 Å². The summed E-state index contributed by atoms with van der Waals surface area (Å²) in [5.41, 5.74) is -0.560. The van der Waals surface area contributed by atoms with Crippen LogP contribution in [0.5, 0.6) is 0 Å². The molecular formula is C16H23NO4. The number of nitrogens with zero attached hydrogens (tertiary/aromatic N) is 1. The summed E-state index contributed by atoms with van der Waals surface area (Å²) in [5.74, 6) is -0.581. The average Bonchev–Trinajstić information content (AvgIpc) is 2.55. The minimum absolute atomic E-state index is 0.130. The summed E-state index contributed by atoms with van der Waals surface area (Å²) < 4.78 is 10.6. The second kappa shape index (κ2) is 5.92. The number of allylic oxidation sites excluding steroid dienone is 2. The monoisotopic (exact) mass is 293 g/mol. The molecule has 2 aliphatic rings. The van der Waals surface area contributed by atoms with Crippen LogP contribution in [0, 0.1) is 5.92 Å². The zero-order valence-electron chi connectivity index (χ0n) is 13.0. The molecule has 2 aliphatic heterocycles. The summed E-state index contributed by atoms with van der Waals surface area (Å²) >= 11 is 0. The fourth-order valence-electron chi connectivity index (χ4n) is 2.75. The largest absolute Gasteiger partial charge is 0.466 e. The van der Waals surface area contributed by atoms with Crippen molar-refractivity contribution in [2.75, 3.05) is 6.61 Å². The van der Waals surface area contributed by atoms with E-state index in [9.17, 15) is 9.59 Å². The van der Waals surface area contributed by atoms with E-state index in [1.807, 2.05) is 45.1 Å². The lowest BCUT2D eigenvalue weighted by Crippen LogP contribution is -2.44. The average molecular weight is 293 g/mol. The molecule has 0 aromatic heterocycles. The highest BCUT2D eigenvalue weighted by molar-refractivity contribution is 5.78. The maximum Gasteiger partial charge on any atom is 0.411 e. The second-order valence-corrected chi connectivity index (χ2v) is 6.31. The van der Waals surface area contributed by atoms with Crippen molar-refractivity contribution in [2.24, 2.45) is 5.92 Å². The van der Waals surface area contributed by atoms with Gasteiger partial charge in [-0.25, -0.2) is 4.79 Å². The maximum absolute atomic E-state index is 12.4. The topological polar surface area (TPSA) is 55.8 Å². The van der Waals surface area contributed by atoms with Gasteiger partial charge in [0.2, 0.25) is 0 Å². The van der Waals surface area contributed by atoms with E-state index in [1.165, 1.54) is 0 Å². The van der Waals surface area contributed by atoms with Crippen molar-refractivity contribution in [3.8, 4) is 0 Å². The standard InChI is InChI=1S/C16H23NO4/c1-5-20-14(18)12-10-11-8-6-7-9-13(12)17(11)15(19)21-16(2,3)4/h6-9,11-13H,5,10H2,1-4H3/t11-,12+,13+/m1/s1. The number of esters is 1. The molecule has 0 N–H and O–H groups in total. The maximum atomic E-state index is 12.4. The minimum atomic E-state index is -0.560. The Morgan fingerprint density at radius 1 is 1.24 bits per heavy atom. The molecule has 1 amide bonds. The summed E-state index contributed by atoms with van der Waals surface area (Å²) in [6.07, 6.45) is 7.76. The second-order valence-electron chi connectivity index (χ2n) is 6.31. The number of amides is 1. The van der Waals surface area contributed by atoms with Crippen molar-refractivity contribution in [1.82, 2.24) is 4.90 Å². The molecule has 1 saturated heterocycles. The van der Waals surface area contributed by atoms with E-state index in [0.29, 0.717) is 13.0 Å². The van der Waals surface area contributed by atoms with Crippen LogP contribution in [-0.4, -0.2) is 41.3 Å². The molecule has 0 aliphatic carbocycles. The highest BCUT2D eigenvalue weighted by Crippen LogP contribution is 2.35. The molecule has 5 heteroatoms. The third kappa shape index (κ3) is 3.46. The number of hydrogen-bond acceptors (Lipinski definition) is 4. The van der Waals surface area contributed by atoms with Crippen LogP contribution >= 0.6 is 0 Å². The fourth-order valence-corrected chi connectivity index (χ4v) is 2.75. The Bertz CT molecular complexity index is 475. The van der Waals surface area contributed by atoms with Crippen LogP contribution in [0.25, 0.3) is 0 Å². The molecule has 116 valence electrons. The van der Waals surface area contributed by atoms with E-state index >= 15 is 0 Å².